The van der Waals surface area contributed by atoms with Crippen molar-refractivity contribution in [3.63, 3.8) is 0 Å². The summed E-state index contributed by atoms with van der Waals surface area (Å²) in [4.78, 5) is 0. The Balaban J connectivity index is 3.15. The van der Waals surface area contributed by atoms with E-state index in [1.54, 1.807) is 0 Å². The van der Waals surface area contributed by atoms with E-state index in [4.69, 9.17) is 15.7 Å². The van der Waals surface area contributed by atoms with Gasteiger partial charge in [-0.25, -0.2) is 0 Å². The van der Waals surface area contributed by atoms with Crippen LogP contribution in [0.4, 0.5) is 0 Å². The molecule has 0 aliphatic rings. The lowest BCUT2D eigenvalue weighted by Gasteiger charge is -2.16. The predicted octanol–water partition coefficient (Wildman–Crippen LogP) is 1.33. The van der Waals surface area contributed by atoms with Gasteiger partial charge in [-0.05, 0) is 0 Å². The van der Waals surface area contributed by atoms with Crippen molar-refractivity contribution in [1.29, 1.82) is 0 Å². The molecular weight excluding hydrogens is 81.7 g/mol. The molecule has 0 bridgehead atoms. The van der Waals surface area contributed by atoms with Crippen LogP contribution in [0, 0.1) is 0 Å². The molecule has 0 N–H and O–H groups in total. The van der Waals surface area contributed by atoms with E-state index < -0.39 is 0 Å². The average Bonchev–Trinajstić information content (AvgIpc) is 1.30. The molecule has 0 spiro atoms. The SMILES string of the molecule is [B]CCC([B])(C)C. The first-order valence-corrected chi connectivity index (χ1v) is 2.55. The number of hydrogen-bond donors (Lipinski definition) is 0. The first-order valence-electron chi connectivity index (χ1n) is 2.55. The van der Waals surface area contributed by atoms with Crippen LogP contribution in [-0.2, 0) is 0 Å². The molecule has 0 aromatic heterocycles. The van der Waals surface area contributed by atoms with Crippen LogP contribution in [0.2, 0.25) is 11.6 Å². The summed E-state index contributed by atoms with van der Waals surface area (Å²) in [5.74, 6) is 0. The van der Waals surface area contributed by atoms with E-state index in [-0.39, 0.29) is 5.31 Å². The molecule has 7 heavy (non-hydrogen) atoms. The van der Waals surface area contributed by atoms with E-state index >= 15 is 0 Å². The molecule has 0 unspecified atom stereocenters. The zero-order valence-electron chi connectivity index (χ0n) is 5.07. The molecule has 0 aliphatic carbocycles. The Bertz CT molecular complexity index is 44.5. The fourth-order valence-electron chi connectivity index (χ4n) is 0.372. The molecule has 0 heterocycles. The summed E-state index contributed by atoms with van der Waals surface area (Å²) >= 11 is 0. The monoisotopic (exact) mass is 92.1 g/mol. The van der Waals surface area contributed by atoms with Crippen LogP contribution in [0.15, 0.2) is 0 Å². The number of hydrogen-bond acceptors (Lipinski definition) is 0. The molecule has 0 fully saturated rings. The highest BCUT2D eigenvalue weighted by Gasteiger charge is 2.05. The second-order valence-corrected chi connectivity index (χ2v) is 2.53. The molecule has 0 nitrogen and oxygen atoms in total. The van der Waals surface area contributed by atoms with Gasteiger partial charge in [0, 0.05) is 0 Å². The number of rotatable bonds is 2. The van der Waals surface area contributed by atoms with Crippen molar-refractivity contribution in [3.05, 3.63) is 0 Å². The molecule has 0 aromatic carbocycles. The van der Waals surface area contributed by atoms with Gasteiger partial charge in [-0.1, -0.05) is 31.9 Å². The van der Waals surface area contributed by atoms with Gasteiger partial charge < -0.3 is 0 Å². The van der Waals surface area contributed by atoms with Crippen molar-refractivity contribution in [2.75, 3.05) is 0 Å². The van der Waals surface area contributed by atoms with Crippen LogP contribution >= 0.6 is 0 Å². The Labute approximate surface area is 48.5 Å². The van der Waals surface area contributed by atoms with Gasteiger partial charge in [-0.2, -0.15) is 0 Å². The van der Waals surface area contributed by atoms with E-state index in [1.165, 1.54) is 0 Å². The van der Waals surface area contributed by atoms with Crippen molar-refractivity contribution in [2.24, 2.45) is 0 Å². The Kier molecular flexibility index (Phi) is 2.49. The van der Waals surface area contributed by atoms with Crippen molar-refractivity contribution in [1.82, 2.24) is 0 Å². The fraction of sp³-hybridized carbons (Fsp3) is 1.00. The molecule has 0 saturated carbocycles. The zero-order chi connectivity index (χ0) is 5.91. The molecular formula is C5H10B2. The third kappa shape index (κ3) is 6.13. The molecule has 0 aromatic rings. The van der Waals surface area contributed by atoms with Crippen molar-refractivity contribution in [3.8, 4) is 0 Å². The van der Waals surface area contributed by atoms with Crippen molar-refractivity contribution in [2.45, 2.75) is 31.9 Å². The highest BCUT2D eigenvalue weighted by atomic mass is 14.0. The fourth-order valence-corrected chi connectivity index (χ4v) is 0.372. The van der Waals surface area contributed by atoms with Gasteiger partial charge in [0.2, 0.25) is 0 Å². The minimum Gasteiger partial charge on any atom is -0.0889 e. The highest BCUT2D eigenvalue weighted by molar-refractivity contribution is 6.15. The normalized spacial score (nSPS) is 11.7. The topological polar surface area (TPSA) is 0 Å². The minimum atomic E-state index is -0.0747. The van der Waals surface area contributed by atoms with E-state index in [0.29, 0.717) is 6.32 Å². The van der Waals surface area contributed by atoms with Crippen LogP contribution in [0.3, 0.4) is 0 Å². The van der Waals surface area contributed by atoms with E-state index in [0.717, 1.165) is 6.42 Å². The molecule has 0 rings (SSSR count). The van der Waals surface area contributed by atoms with Crippen LogP contribution in [-0.4, -0.2) is 15.7 Å². The van der Waals surface area contributed by atoms with Gasteiger partial charge in [0.25, 0.3) is 0 Å². The third-order valence-electron chi connectivity index (χ3n) is 0.789. The van der Waals surface area contributed by atoms with Crippen LogP contribution in [0.5, 0.6) is 0 Å². The zero-order valence-corrected chi connectivity index (χ0v) is 5.07. The minimum absolute atomic E-state index is 0.0747. The Hall–Kier alpha value is 0.130. The lowest BCUT2D eigenvalue weighted by atomic mass is 9.67. The molecule has 0 atom stereocenters. The summed E-state index contributed by atoms with van der Waals surface area (Å²) in [7, 11) is 10.8. The van der Waals surface area contributed by atoms with E-state index in [1.807, 2.05) is 13.8 Å². The summed E-state index contributed by atoms with van der Waals surface area (Å²) in [6, 6.07) is 0. The molecule has 4 radical (unpaired) electrons. The Morgan fingerprint density at radius 2 is 1.86 bits per heavy atom. The summed E-state index contributed by atoms with van der Waals surface area (Å²) < 4.78 is 0. The summed E-state index contributed by atoms with van der Waals surface area (Å²) in [5, 5.41) is -0.0747. The van der Waals surface area contributed by atoms with Crippen molar-refractivity contribution >= 4 is 15.7 Å². The van der Waals surface area contributed by atoms with Gasteiger partial charge in [-0.15, -0.1) is 0 Å². The Morgan fingerprint density at radius 1 is 1.43 bits per heavy atom. The lowest BCUT2D eigenvalue weighted by Crippen LogP contribution is -2.00. The summed E-state index contributed by atoms with van der Waals surface area (Å²) in [5.41, 5.74) is 0. The molecule has 0 amide bonds. The first-order chi connectivity index (χ1) is 3.06. The predicted molar refractivity (Wildman–Crippen MR) is 35.0 cm³/mol. The van der Waals surface area contributed by atoms with Crippen molar-refractivity contribution < 1.29 is 0 Å². The average molecular weight is 91.8 g/mol. The first kappa shape index (κ1) is 7.13. The standard InChI is InChI=1S/C5H10B2/c1-5(2,7)3-4-6/h3-4H2,1-2H3. The maximum absolute atomic E-state index is 5.57. The molecule has 36 valence electrons. The van der Waals surface area contributed by atoms with Crippen LogP contribution < -0.4 is 0 Å². The van der Waals surface area contributed by atoms with Gasteiger partial charge >= 0.3 is 0 Å². The van der Waals surface area contributed by atoms with Crippen LogP contribution in [0.1, 0.15) is 20.3 Å². The third-order valence-corrected chi connectivity index (χ3v) is 0.789. The van der Waals surface area contributed by atoms with Crippen LogP contribution in [0.25, 0.3) is 0 Å². The molecule has 2 heteroatoms. The van der Waals surface area contributed by atoms with Gasteiger partial charge in [0.15, 0.2) is 0 Å². The smallest absolute Gasteiger partial charge is 0.0738 e. The quantitative estimate of drug-likeness (QED) is 0.450. The van der Waals surface area contributed by atoms with E-state index in [2.05, 4.69) is 0 Å². The van der Waals surface area contributed by atoms with Gasteiger partial charge in [0.05, 0.1) is 15.7 Å². The maximum atomic E-state index is 5.57. The second-order valence-electron chi connectivity index (χ2n) is 2.53. The Morgan fingerprint density at radius 3 is 1.86 bits per heavy atom. The largest absolute Gasteiger partial charge is 0.0889 e. The van der Waals surface area contributed by atoms with E-state index in [9.17, 15) is 0 Å². The second kappa shape index (κ2) is 2.44. The van der Waals surface area contributed by atoms with Gasteiger partial charge in [0.1, 0.15) is 0 Å². The summed E-state index contributed by atoms with van der Waals surface area (Å²) in [6.07, 6.45) is 1.58. The lowest BCUT2D eigenvalue weighted by molar-refractivity contribution is 0.653. The summed E-state index contributed by atoms with van der Waals surface area (Å²) in [6.45, 7) is 3.94. The highest BCUT2D eigenvalue weighted by Crippen LogP contribution is 2.24. The van der Waals surface area contributed by atoms with Gasteiger partial charge in [-0.3, -0.25) is 0 Å². The molecule has 0 aliphatic heterocycles. The molecule has 0 saturated heterocycles. The maximum Gasteiger partial charge on any atom is 0.0738 e.